The molecule has 1 fully saturated rings. The Balaban J connectivity index is 1.62. The van der Waals surface area contributed by atoms with Crippen molar-refractivity contribution in [2.24, 2.45) is 17.1 Å². The van der Waals surface area contributed by atoms with Crippen LogP contribution in [0.5, 0.6) is 5.75 Å². The molecule has 3 aromatic carbocycles. The summed E-state index contributed by atoms with van der Waals surface area (Å²) in [5.41, 5.74) is 6.82. The van der Waals surface area contributed by atoms with Gasteiger partial charge >= 0.3 is 6.03 Å². The predicted octanol–water partition coefficient (Wildman–Crippen LogP) is 4.30. The number of amides is 5. The Morgan fingerprint density at radius 3 is 2.36 bits per heavy atom. The number of urea groups is 1. The number of hydrogen-bond acceptors (Lipinski definition) is 6. The Morgan fingerprint density at radius 2 is 1.69 bits per heavy atom. The van der Waals surface area contributed by atoms with Crippen LogP contribution in [0.2, 0.25) is 0 Å². The first kappa shape index (κ1) is 33.1. The third-order valence-corrected chi connectivity index (χ3v) is 8.12. The molecule has 5 amide bonds. The maximum Gasteiger partial charge on any atom is 0.326 e. The molecular formula is C33H37F2N5O5. The minimum absolute atomic E-state index is 0.0571. The number of halogens is 2. The Kier molecular flexibility index (Phi) is 9.57. The summed E-state index contributed by atoms with van der Waals surface area (Å²) in [5.74, 6) is -3.81. The summed E-state index contributed by atoms with van der Waals surface area (Å²) < 4.78 is 37.0. The minimum Gasteiger partial charge on any atom is -0.496 e. The zero-order valence-corrected chi connectivity index (χ0v) is 26.1. The Morgan fingerprint density at radius 1 is 1.04 bits per heavy atom. The molecule has 0 radical (unpaired) electrons. The lowest BCUT2D eigenvalue weighted by molar-refractivity contribution is -0.140. The van der Waals surface area contributed by atoms with E-state index < -0.39 is 46.7 Å². The second kappa shape index (κ2) is 13.0. The molecule has 1 heterocycles. The fourth-order valence-electron chi connectivity index (χ4n) is 5.16. The van der Waals surface area contributed by atoms with E-state index in [1.807, 2.05) is 0 Å². The van der Waals surface area contributed by atoms with Gasteiger partial charge in [0.2, 0.25) is 17.7 Å². The molecule has 0 spiro atoms. The molecule has 3 aromatic rings. The van der Waals surface area contributed by atoms with Crippen molar-refractivity contribution in [3.63, 3.8) is 0 Å². The van der Waals surface area contributed by atoms with Crippen molar-refractivity contribution >= 4 is 29.4 Å². The van der Waals surface area contributed by atoms with Crippen molar-refractivity contribution < 1.29 is 32.7 Å². The van der Waals surface area contributed by atoms with Crippen LogP contribution in [0, 0.1) is 29.9 Å². The average Bonchev–Trinajstić information content (AvgIpc) is 2.99. The summed E-state index contributed by atoms with van der Waals surface area (Å²) in [6.45, 7) is 5.28. The van der Waals surface area contributed by atoms with E-state index in [4.69, 9.17) is 10.5 Å². The molecule has 4 rings (SSSR count). The van der Waals surface area contributed by atoms with Gasteiger partial charge in [-0.1, -0.05) is 30.3 Å². The number of rotatable bonds is 10. The van der Waals surface area contributed by atoms with Gasteiger partial charge in [-0.05, 0) is 55.7 Å². The molecule has 0 aromatic heterocycles. The van der Waals surface area contributed by atoms with Gasteiger partial charge < -0.3 is 26.0 Å². The maximum atomic E-state index is 16.2. The smallest absolute Gasteiger partial charge is 0.326 e. The second-order valence-electron chi connectivity index (χ2n) is 11.7. The summed E-state index contributed by atoms with van der Waals surface area (Å²) in [7, 11) is 4.22. The molecule has 238 valence electrons. The van der Waals surface area contributed by atoms with Crippen LogP contribution in [0.25, 0.3) is 22.3 Å². The molecule has 1 saturated heterocycles. The molecule has 0 bridgehead atoms. The Hall–Kier alpha value is -4.84. The summed E-state index contributed by atoms with van der Waals surface area (Å²) in [4.78, 5) is 51.6. The van der Waals surface area contributed by atoms with E-state index in [-0.39, 0.29) is 47.6 Å². The van der Waals surface area contributed by atoms with Crippen LogP contribution >= 0.6 is 0 Å². The number of imide groups is 1. The number of primary amides is 1. The first-order valence-electron chi connectivity index (χ1n) is 14.3. The lowest BCUT2D eigenvalue weighted by Gasteiger charge is -2.33. The number of hydrogen-bond donors (Lipinski definition) is 3. The zero-order chi connectivity index (χ0) is 33.2. The number of nitrogens with zero attached hydrogens (tertiary/aromatic N) is 2. The maximum absolute atomic E-state index is 16.2. The van der Waals surface area contributed by atoms with Gasteiger partial charge in [-0.3, -0.25) is 19.3 Å². The van der Waals surface area contributed by atoms with Gasteiger partial charge in [0.15, 0.2) is 0 Å². The topological polar surface area (TPSA) is 134 Å². The largest absolute Gasteiger partial charge is 0.496 e. The van der Waals surface area contributed by atoms with Crippen molar-refractivity contribution in [3.8, 4) is 28.0 Å². The number of methoxy groups -OCH3 is 1. The fraction of sp³-hybridized carbons (Fsp3) is 0.333. The third kappa shape index (κ3) is 6.65. The van der Waals surface area contributed by atoms with Gasteiger partial charge in [0.05, 0.1) is 12.5 Å². The first-order valence-corrected chi connectivity index (χ1v) is 14.3. The van der Waals surface area contributed by atoms with Crippen LogP contribution < -0.4 is 21.1 Å². The predicted molar refractivity (Wildman–Crippen MR) is 166 cm³/mol. The van der Waals surface area contributed by atoms with E-state index in [2.05, 4.69) is 10.6 Å². The summed E-state index contributed by atoms with van der Waals surface area (Å²) >= 11 is 0. The van der Waals surface area contributed by atoms with E-state index in [9.17, 15) is 19.2 Å². The van der Waals surface area contributed by atoms with Crippen molar-refractivity contribution in [3.05, 3.63) is 71.3 Å². The van der Waals surface area contributed by atoms with E-state index >= 15 is 8.78 Å². The van der Waals surface area contributed by atoms with Gasteiger partial charge in [0, 0.05) is 56.1 Å². The van der Waals surface area contributed by atoms with E-state index in [1.165, 1.54) is 38.2 Å². The molecule has 1 atom stereocenters. The highest BCUT2D eigenvalue weighted by molar-refractivity contribution is 6.12. The Bertz CT molecular complexity index is 1680. The van der Waals surface area contributed by atoms with Crippen LogP contribution in [-0.4, -0.2) is 67.8 Å². The molecule has 4 N–H and O–H groups in total. The van der Waals surface area contributed by atoms with Crippen LogP contribution in [0.1, 0.15) is 25.0 Å². The first-order chi connectivity index (χ1) is 21.2. The molecular weight excluding hydrogens is 584 g/mol. The minimum atomic E-state index is -1.10. The lowest BCUT2D eigenvalue weighted by atomic mass is 9.92. The molecule has 0 aliphatic carbocycles. The van der Waals surface area contributed by atoms with Crippen LogP contribution in [-0.2, 0) is 20.9 Å². The van der Waals surface area contributed by atoms with Crippen molar-refractivity contribution in [2.45, 2.75) is 27.3 Å². The quantitative estimate of drug-likeness (QED) is 0.289. The van der Waals surface area contributed by atoms with Crippen LogP contribution in [0.3, 0.4) is 0 Å². The summed E-state index contributed by atoms with van der Waals surface area (Å²) in [6, 6.07) is 12.0. The van der Waals surface area contributed by atoms with Crippen molar-refractivity contribution in [1.29, 1.82) is 0 Å². The van der Waals surface area contributed by atoms with E-state index in [0.717, 1.165) is 4.90 Å². The van der Waals surface area contributed by atoms with Gasteiger partial charge in [-0.25, -0.2) is 13.6 Å². The summed E-state index contributed by atoms with van der Waals surface area (Å²) in [6.07, 6.45) is 0. The highest BCUT2D eigenvalue weighted by atomic mass is 19.1. The third-order valence-electron chi connectivity index (χ3n) is 8.12. The number of nitrogens with one attached hydrogen (secondary N) is 2. The number of carbonyl (C=O) groups is 4. The summed E-state index contributed by atoms with van der Waals surface area (Å²) in [5, 5.41) is 5.79. The standard InChI is InChI=1S/C33H37F2N5O5/c1-18-20(9-8-12-26(18)38-29(41)24-16-39(4)32(44)40(5)30(24)42)22-11-7-10-21(28(22)35)19-13-25(34)23(27(14-19)45-6)15-37-17-33(2,3)31(36)43/h7-14,24,37H,15-17H2,1-6H3,(H2,36,43)(H,38,41). The number of nitrogens with two attached hydrogens (primary N) is 1. The van der Waals surface area contributed by atoms with Crippen molar-refractivity contribution in [2.75, 3.05) is 39.6 Å². The van der Waals surface area contributed by atoms with Crippen LogP contribution in [0.15, 0.2) is 48.5 Å². The molecule has 10 nitrogen and oxygen atoms in total. The number of benzene rings is 3. The molecule has 12 heteroatoms. The molecule has 1 aliphatic heterocycles. The van der Waals surface area contributed by atoms with Gasteiger partial charge in [-0.2, -0.15) is 0 Å². The number of carbonyl (C=O) groups excluding carboxylic acids is 4. The van der Waals surface area contributed by atoms with E-state index in [1.54, 1.807) is 57.2 Å². The number of ether oxygens (including phenoxy) is 1. The van der Waals surface area contributed by atoms with Gasteiger partial charge in [-0.15, -0.1) is 0 Å². The molecule has 1 aliphatic rings. The fourth-order valence-corrected chi connectivity index (χ4v) is 5.16. The second-order valence-corrected chi connectivity index (χ2v) is 11.7. The van der Waals surface area contributed by atoms with Crippen molar-refractivity contribution in [1.82, 2.24) is 15.1 Å². The highest BCUT2D eigenvalue weighted by Crippen LogP contribution is 2.37. The molecule has 45 heavy (non-hydrogen) atoms. The van der Waals surface area contributed by atoms with Gasteiger partial charge in [0.25, 0.3) is 0 Å². The zero-order valence-electron chi connectivity index (χ0n) is 26.1. The lowest BCUT2D eigenvalue weighted by Crippen LogP contribution is -2.56. The van der Waals surface area contributed by atoms with Gasteiger partial charge in [0.1, 0.15) is 23.3 Å². The molecule has 0 saturated carbocycles. The monoisotopic (exact) mass is 621 g/mol. The normalized spacial score (nSPS) is 15.3. The molecule has 1 unspecified atom stereocenters. The SMILES string of the molecule is COc1cc(-c2cccc(-c3cccc(NC(=O)C4CN(C)C(=O)N(C)C4=O)c3C)c2F)cc(F)c1CNCC(C)(C)C(N)=O. The Labute approximate surface area is 260 Å². The highest BCUT2D eigenvalue weighted by Gasteiger charge is 2.39. The van der Waals surface area contributed by atoms with Crippen LogP contribution in [0.4, 0.5) is 19.3 Å². The van der Waals surface area contributed by atoms with E-state index in [0.29, 0.717) is 16.8 Å². The number of anilines is 1. The average molecular weight is 622 g/mol.